The van der Waals surface area contributed by atoms with Crippen molar-refractivity contribution in [2.75, 3.05) is 0 Å². The number of carboxylic acids is 1. The van der Waals surface area contributed by atoms with E-state index in [9.17, 15) is 14.7 Å². The van der Waals surface area contributed by atoms with Crippen LogP contribution in [0.3, 0.4) is 0 Å². The minimum Gasteiger partial charge on any atom is -0.480 e. The van der Waals surface area contributed by atoms with E-state index in [1.54, 1.807) is 6.07 Å². The van der Waals surface area contributed by atoms with Crippen LogP contribution in [-0.2, 0) is 11.3 Å². The normalized spacial score (nSPS) is 12.3. The first-order valence-corrected chi connectivity index (χ1v) is 8.10. The third-order valence-electron chi connectivity index (χ3n) is 3.99. The van der Waals surface area contributed by atoms with Gasteiger partial charge in [0.2, 0.25) is 0 Å². The Balaban J connectivity index is 2.47. The van der Waals surface area contributed by atoms with Crippen LogP contribution in [-0.4, -0.2) is 27.6 Å². The number of benzene rings is 1. The molecule has 2 aromatic rings. The number of fused-ring (bicyclic) bond motifs is 1. The molecule has 1 atom stereocenters. The number of aryl methyl sites for hydroxylation is 2. The first kappa shape index (κ1) is 17.3. The molecule has 1 unspecified atom stereocenters. The highest BCUT2D eigenvalue weighted by Gasteiger charge is 2.24. The van der Waals surface area contributed by atoms with Gasteiger partial charge in [0.25, 0.3) is 5.91 Å². The summed E-state index contributed by atoms with van der Waals surface area (Å²) in [4.78, 5) is 23.9. The van der Waals surface area contributed by atoms with Gasteiger partial charge >= 0.3 is 5.97 Å². The molecule has 1 amide bonds. The number of aromatic nitrogens is 1. The van der Waals surface area contributed by atoms with Gasteiger partial charge in [-0.3, -0.25) is 4.79 Å². The second-order valence-corrected chi connectivity index (χ2v) is 5.97. The minimum atomic E-state index is -1.01. The lowest BCUT2D eigenvalue weighted by atomic mass is 10.1. The van der Waals surface area contributed by atoms with E-state index < -0.39 is 12.0 Å². The minimum absolute atomic E-state index is 0.363. The van der Waals surface area contributed by atoms with Crippen LogP contribution in [0.25, 0.3) is 10.9 Å². The standard InChI is InChI=1S/C17H21ClN2O3/c1-4-6-13(17(22)23)19-16(21)15-10(3)12-9-11(18)7-8-14(12)20(15)5-2/h7-9,13H,4-6H2,1-3H3,(H,19,21)(H,22,23). The molecular weight excluding hydrogens is 316 g/mol. The van der Waals surface area contributed by atoms with E-state index in [4.69, 9.17) is 11.6 Å². The molecule has 2 N–H and O–H groups in total. The van der Waals surface area contributed by atoms with Crippen LogP contribution in [0, 0.1) is 6.92 Å². The van der Waals surface area contributed by atoms with Gasteiger partial charge in [-0.1, -0.05) is 24.9 Å². The number of nitrogens with one attached hydrogen (secondary N) is 1. The Morgan fingerprint density at radius 3 is 2.61 bits per heavy atom. The highest BCUT2D eigenvalue weighted by atomic mass is 35.5. The number of aliphatic carboxylic acids is 1. The summed E-state index contributed by atoms with van der Waals surface area (Å²) in [7, 11) is 0. The van der Waals surface area contributed by atoms with Crippen LogP contribution in [0.2, 0.25) is 5.02 Å². The molecule has 0 aliphatic rings. The van der Waals surface area contributed by atoms with Gasteiger partial charge in [0, 0.05) is 22.5 Å². The maximum atomic E-state index is 12.7. The molecule has 6 heteroatoms. The fourth-order valence-electron chi connectivity index (χ4n) is 2.89. The molecular formula is C17H21ClN2O3. The zero-order valence-electron chi connectivity index (χ0n) is 13.5. The van der Waals surface area contributed by atoms with E-state index in [0.717, 1.165) is 16.5 Å². The zero-order chi connectivity index (χ0) is 17.1. The highest BCUT2D eigenvalue weighted by Crippen LogP contribution is 2.28. The third-order valence-corrected chi connectivity index (χ3v) is 4.23. The van der Waals surface area contributed by atoms with Crippen molar-refractivity contribution in [2.24, 2.45) is 0 Å². The van der Waals surface area contributed by atoms with Crippen LogP contribution >= 0.6 is 11.6 Å². The van der Waals surface area contributed by atoms with E-state index in [0.29, 0.717) is 30.1 Å². The first-order valence-electron chi connectivity index (χ1n) is 7.72. The summed E-state index contributed by atoms with van der Waals surface area (Å²) in [6.07, 6.45) is 1.08. The highest BCUT2D eigenvalue weighted by molar-refractivity contribution is 6.31. The summed E-state index contributed by atoms with van der Waals surface area (Å²) in [5.74, 6) is -1.38. The monoisotopic (exact) mass is 336 g/mol. The molecule has 5 nitrogen and oxygen atoms in total. The molecule has 2 rings (SSSR count). The van der Waals surface area contributed by atoms with Crippen LogP contribution < -0.4 is 5.32 Å². The number of carboxylic acid groups (broad SMARTS) is 1. The summed E-state index contributed by atoms with van der Waals surface area (Å²) >= 11 is 6.05. The molecule has 0 fully saturated rings. The second kappa shape index (κ2) is 7.04. The molecule has 0 aliphatic carbocycles. The van der Waals surface area contributed by atoms with Crippen LogP contribution in [0.5, 0.6) is 0 Å². The van der Waals surface area contributed by atoms with Crippen molar-refractivity contribution < 1.29 is 14.7 Å². The van der Waals surface area contributed by atoms with Crippen LogP contribution in [0.1, 0.15) is 42.7 Å². The lowest BCUT2D eigenvalue weighted by Gasteiger charge is -2.15. The van der Waals surface area contributed by atoms with Gasteiger partial charge in [-0.25, -0.2) is 4.79 Å². The molecule has 0 saturated carbocycles. The Bertz CT molecular complexity index is 752. The molecule has 1 aromatic heterocycles. The smallest absolute Gasteiger partial charge is 0.326 e. The van der Waals surface area contributed by atoms with Crippen molar-refractivity contribution >= 4 is 34.4 Å². The number of halogens is 1. The number of amides is 1. The number of hydrogen-bond acceptors (Lipinski definition) is 2. The molecule has 1 heterocycles. The van der Waals surface area contributed by atoms with Gasteiger partial charge in [0.05, 0.1) is 0 Å². The van der Waals surface area contributed by atoms with Crippen LogP contribution in [0.4, 0.5) is 0 Å². The van der Waals surface area contributed by atoms with Gasteiger partial charge < -0.3 is 15.0 Å². The van der Waals surface area contributed by atoms with Crippen LogP contribution in [0.15, 0.2) is 18.2 Å². The van der Waals surface area contributed by atoms with Crippen molar-refractivity contribution in [3.8, 4) is 0 Å². The average Bonchev–Trinajstić information content (AvgIpc) is 2.78. The third kappa shape index (κ3) is 3.34. The number of nitrogens with zero attached hydrogens (tertiary/aromatic N) is 1. The van der Waals surface area contributed by atoms with Gasteiger partial charge in [-0.05, 0) is 44.0 Å². The number of hydrogen-bond donors (Lipinski definition) is 2. The van der Waals surface area contributed by atoms with Crippen molar-refractivity contribution in [3.05, 3.63) is 34.5 Å². The number of carbonyl (C=O) groups is 2. The van der Waals surface area contributed by atoms with Gasteiger partial charge in [0.15, 0.2) is 0 Å². The summed E-state index contributed by atoms with van der Waals surface area (Å²) < 4.78 is 1.89. The summed E-state index contributed by atoms with van der Waals surface area (Å²) in [6, 6.07) is 4.62. The van der Waals surface area contributed by atoms with E-state index >= 15 is 0 Å². The molecule has 0 spiro atoms. The fourth-order valence-corrected chi connectivity index (χ4v) is 3.06. The quantitative estimate of drug-likeness (QED) is 0.846. The van der Waals surface area contributed by atoms with E-state index in [1.807, 2.05) is 37.5 Å². The molecule has 1 aromatic carbocycles. The van der Waals surface area contributed by atoms with E-state index in [2.05, 4.69) is 5.32 Å². The first-order chi connectivity index (χ1) is 10.9. The largest absolute Gasteiger partial charge is 0.480 e. The van der Waals surface area contributed by atoms with Gasteiger partial charge in [-0.2, -0.15) is 0 Å². The predicted octanol–water partition coefficient (Wildman–Crippen LogP) is 3.61. The zero-order valence-corrected chi connectivity index (χ0v) is 14.3. The molecule has 124 valence electrons. The van der Waals surface area contributed by atoms with Crippen molar-refractivity contribution in [3.63, 3.8) is 0 Å². The molecule has 0 saturated heterocycles. The Morgan fingerprint density at radius 1 is 1.35 bits per heavy atom. The van der Waals surface area contributed by atoms with Crippen molar-refractivity contribution in [2.45, 2.75) is 46.2 Å². The van der Waals surface area contributed by atoms with E-state index in [-0.39, 0.29) is 5.91 Å². The summed E-state index contributed by atoms with van der Waals surface area (Å²) in [5, 5.41) is 13.4. The molecule has 0 bridgehead atoms. The Kier molecular flexibility index (Phi) is 5.31. The number of rotatable bonds is 6. The lowest BCUT2D eigenvalue weighted by molar-refractivity contribution is -0.139. The van der Waals surface area contributed by atoms with Crippen molar-refractivity contribution in [1.82, 2.24) is 9.88 Å². The molecule has 0 aliphatic heterocycles. The molecule has 23 heavy (non-hydrogen) atoms. The Labute approximate surface area is 140 Å². The lowest BCUT2D eigenvalue weighted by Crippen LogP contribution is -2.41. The Hall–Kier alpha value is -2.01. The molecule has 0 radical (unpaired) electrons. The average molecular weight is 337 g/mol. The predicted molar refractivity (Wildman–Crippen MR) is 91.2 cm³/mol. The number of carbonyl (C=O) groups excluding carboxylic acids is 1. The topological polar surface area (TPSA) is 71.3 Å². The van der Waals surface area contributed by atoms with Gasteiger partial charge in [-0.15, -0.1) is 0 Å². The maximum Gasteiger partial charge on any atom is 0.326 e. The Morgan fingerprint density at radius 2 is 2.04 bits per heavy atom. The maximum absolute atomic E-state index is 12.7. The van der Waals surface area contributed by atoms with Crippen molar-refractivity contribution in [1.29, 1.82) is 0 Å². The SMILES string of the molecule is CCCC(NC(=O)c1c(C)c2cc(Cl)ccc2n1CC)C(=O)O. The van der Waals surface area contributed by atoms with E-state index in [1.165, 1.54) is 0 Å². The summed E-state index contributed by atoms with van der Waals surface area (Å²) in [5.41, 5.74) is 2.22. The second-order valence-electron chi connectivity index (χ2n) is 5.53. The summed E-state index contributed by atoms with van der Waals surface area (Å²) in [6.45, 7) is 6.30. The van der Waals surface area contributed by atoms with Gasteiger partial charge in [0.1, 0.15) is 11.7 Å². The fraction of sp³-hybridized carbons (Fsp3) is 0.412.